The number of rotatable bonds is 7. The molecule has 2 amide bonds. The normalized spacial score (nSPS) is 10.2. The largest absolute Gasteiger partial charge is 0.481 e. The van der Waals surface area contributed by atoms with Gasteiger partial charge in [-0.15, -0.1) is 0 Å². The lowest BCUT2D eigenvalue weighted by molar-refractivity contribution is -0.137. The van der Waals surface area contributed by atoms with E-state index in [0.717, 1.165) is 12.1 Å². The van der Waals surface area contributed by atoms with E-state index in [4.69, 9.17) is 5.11 Å². The van der Waals surface area contributed by atoms with E-state index in [2.05, 4.69) is 26.6 Å². The van der Waals surface area contributed by atoms with Crippen molar-refractivity contribution in [2.24, 2.45) is 0 Å². The molecule has 3 N–H and O–H groups in total. The van der Waals surface area contributed by atoms with Gasteiger partial charge in [-0.3, -0.25) is 4.79 Å². The van der Waals surface area contributed by atoms with Crippen LogP contribution in [-0.4, -0.2) is 23.7 Å². The van der Waals surface area contributed by atoms with Crippen LogP contribution < -0.4 is 10.6 Å². The summed E-state index contributed by atoms with van der Waals surface area (Å²) in [6, 6.07) is 1.16. The Labute approximate surface area is 128 Å². The number of carbonyl (C=O) groups excluding carboxylic acids is 1. The highest BCUT2D eigenvalue weighted by Crippen LogP contribution is 2.23. The molecule has 1 aromatic carbocycles. The van der Waals surface area contributed by atoms with Gasteiger partial charge in [0, 0.05) is 19.0 Å². The minimum Gasteiger partial charge on any atom is -0.481 e. The van der Waals surface area contributed by atoms with Crippen molar-refractivity contribution >= 4 is 33.6 Å². The van der Waals surface area contributed by atoms with Crippen molar-refractivity contribution in [3.63, 3.8) is 0 Å². The minimum absolute atomic E-state index is 0.0237. The summed E-state index contributed by atoms with van der Waals surface area (Å²) in [5.41, 5.74) is -0.251. The Morgan fingerprint density at radius 3 is 2.52 bits per heavy atom. The molecule has 0 heterocycles. The van der Waals surface area contributed by atoms with Gasteiger partial charge in [-0.1, -0.05) is 6.42 Å². The predicted molar refractivity (Wildman–Crippen MR) is 77.2 cm³/mol. The fraction of sp³-hybridized carbons (Fsp3) is 0.385. The summed E-state index contributed by atoms with van der Waals surface area (Å²) < 4.78 is 26.7. The zero-order chi connectivity index (χ0) is 15.8. The summed E-state index contributed by atoms with van der Waals surface area (Å²) in [5.74, 6) is -2.28. The molecule has 0 radical (unpaired) electrons. The van der Waals surface area contributed by atoms with Gasteiger partial charge in [-0.05, 0) is 34.8 Å². The number of aliphatic carboxylic acids is 1. The van der Waals surface area contributed by atoms with Gasteiger partial charge in [0.1, 0.15) is 11.6 Å². The van der Waals surface area contributed by atoms with E-state index in [-0.39, 0.29) is 16.6 Å². The molecule has 0 unspecified atom stereocenters. The van der Waals surface area contributed by atoms with Crippen LogP contribution in [0.25, 0.3) is 0 Å². The maximum atomic E-state index is 13.5. The monoisotopic (exact) mass is 364 g/mol. The summed E-state index contributed by atoms with van der Waals surface area (Å²) in [6.07, 6.45) is 1.90. The number of nitrogens with one attached hydrogen (secondary N) is 2. The Kier molecular flexibility index (Phi) is 7.07. The molecule has 5 nitrogen and oxygen atoms in total. The number of urea groups is 1. The first-order valence-electron chi connectivity index (χ1n) is 6.31. The lowest BCUT2D eigenvalue weighted by atomic mass is 10.2. The van der Waals surface area contributed by atoms with Crippen molar-refractivity contribution in [2.75, 3.05) is 11.9 Å². The maximum absolute atomic E-state index is 13.5. The van der Waals surface area contributed by atoms with E-state index in [9.17, 15) is 18.4 Å². The second kappa shape index (κ2) is 8.56. The third-order valence-corrected chi connectivity index (χ3v) is 3.22. The Balaban J connectivity index is 2.31. The van der Waals surface area contributed by atoms with Gasteiger partial charge in [-0.2, -0.15) is 0 Å². The van der Waals surface area contributed by atoms with Crippen LogP contribution in [0.2, 0.25) is 0 Å². The van der Waals surface area contributed by atoms with Gasteiger partial charge in [0.15, 0.2) is 0 Å². The molecule has 116 valence electrons. The van der Waals surface area contributed by atoms with E-state index in [1.807, 2.05) is 0 Å². The van der Waals surface area contributed by atoms with Crippen LogP contribution in [0.15, 0.2) is 16.6 Å². The Morgan fingerprint density at radius 2 is 1.86 bits per heavy atom. The number of unbranched alkanes of at least 4 members (excludes halogenated alkanes) is 2. The summed E-state index contributed by atoms with van der Waals surface area (Å²) in [4.78, 5) is 21.8. The third kappa shape index (κ3) is 6.52. The average Bonchev–Trinajstić information content (AvgIpc) is 2.39. The van der Waals surface area contributed by atoms with Gasteiger partial charge in [0.25, 0.3) is 0 Å². The molecule has 0 fully saturated rings. The number of hydrogen-bond acceptors (Lipinski definition) is 2. The molecule has 0 spiro atoms. The van der Waals surface area contributed by atoms with Gasteiger partial charge >= 0.3 is 12.0 Å². The Hall–Kier alpha value is -1.70. The fourth-order valence-corrected chi connectivity index (χ4v) is 1.88. The number of amides is 2. The number of carboxylic acids is 1. The summed E-state index contributed by atoms with van der Waals surface area (Å²) in [7, 11) is 0. The Morgan fingerprint density at radius 1 is 1.14 bits per heavy atom. The summed E-state index contributed by atoms with van der Waals surface area (Å²) in [5, 5.41) is 13.1. The zero-order valence-electron chi connectivity index (χ0n) is 11.1. The van der Waals surface area contributed by atoms with Gasteiger partial charge in [-0.25, -0.2) is 13.6 Å². The van der Waals surface area contributed by atoms with Gasteiger partial charge in [0.2, 0.25) is 0 Å². The first-order valence-corrected chi connectivity index (χ1v) is 7.10. The van der Waals surface area contributed by atoms with Crippen molar-refractivity contribution < 1.29 is 23.5 Å². The molecule has 0 aliphatic rings. The molecule has 21 heavy (non-hydrogen) atoms. The zero-order valence-corrected chi connectivity index (χ0v) is 12.7. The molecular weight excluding hydrogens is 350 g/mol. The molecule has 8 heteroatoms. The number of anilines is 1. The third-order valence-electron chi connectivity index (χ3n) is 2.61. The molecule has 0 aliphatic heterocycles. The van der Waals surface area contributed by atoms with Crippen molar-refractivity contribution in [3.05, 3.63) is 28.2 Å². The lowest BCUT2D eigenvalue weighted by Gasteiger charge is -2.09. The lowest BCUT2D eigenvalue weighted by Crippen LogP contribution is -2.29. The van der Waals surface area contributed by atoms with E-state index in [0.29, 0.717) is 25.8 Å². The smallest absolute Gasteiger partial charge is 0.319 e. The van der Waals surface area contributed by atoms with Crippen LogP contribution in [0, 0.1) is 11.6 Å². The highest BCUT2D eigenvalue weighted by Gasteiger charge is 2.10. The van der Waals surface area contributed by atoms with E-state index in [1.165, 1.54) is 0 Å². The molecule has 0 aromatic heterocycles. The highest BCUT2D eigenvalue weighted by atomic mass is 79.9. The first kappa shape index (κ1) is 17.4. The van der Waals surface area contributed by atoms with Crippen LogP contribution in [0.3, 0.4) is 0 Å². The quantitative estimate of drug-likeness (QED) is 0.511. The van der Waals surface area contributed by atoms with E-state index >= 15 is 0 Å². The molecule has 1 aromatic rings. The second-order valence-electron chi connectivity index (χ2n) is 4.33. The van der Waals surface area contributed by atoms with Crippen LogP contribution in [0.5, 0.6) is 0 Å². The van der Waals surface area contributed by atoms with E-state index in [1.54, 1.807) is 0 Å². The highest BCUT2D eigenvalue weighted by molar-refractivity contribution is 9.10. The summed E-state index contributed by atoms with van der Waals surface area (Å²) >= 11 is 2.84. The minimum atomic E-state index is -0.853. The van der Waals surface area contributed by atoms with Crippen molar-refractivity contribution in [3.8, 4) is 0 Å². The number of benzene rings is 1. The Bertz CT molecular complexity index is 526. The number of hydrogen-bond donors (Lipinski definition) is 3. The van der Waals surface area contributed by atoms with Crippen molar-refractivity contribution in [1.82, 2.24) is 5.32 Å². The predicted octanol–water partition coefficient (Wildman–Crippen LogP) is 3.49. The molecular formula is C13H15BrF2N2O3. The average molecular weight is 365 g/mol. The van der Waals surface area contributed by atoms with Crippen molar-refractivity contribution in [2.45, 2.75) is 25.7 Å². The molecule has 0 bridgehead atoms. The molecule has 0 saturated heterocycles. The maximum Gasteiger partial charge on any atom is 0.319 e. The van der Waals surface area contributed by atoms with Crippen molar-refractivity contribution in [1.29, 1.82) is 0 Å². The molecule has 0 atom stereocenters. The number of carboxylic acid groups (broad SMARTS) is 1. The topological polar surface area (TPSA) is 78.4 Å². The summed E-state index contributed by atoms with van der Waals surface area (Å²) in [6.45, 7) is 0.325. The molecule has 0 saturated carbocycles. The van der Waals surface area contributed by atoms with Crippen LogP contribution in [0.4, 0.5) is 19.3 Å². The molecule has 0 aliphatic carbocycles. The second-order valence-corrected chi connectivity index (χ2v) is 5.19. The van der Waals surface area contributed by atoms with Gasteiger partial charge in [0.05, 0.1) is 10.2 Å². The number of carbonyl (C=O) groups is 2. The molecule has 1 rings (SSSR count). The number of halogens is 3. The van der Waals surface area contributed by atoms with Crippen LogP contribution in [-0.2, 0) is 4.79 Å². The standard InChI is InChI=1S/C13H15BrF2N2O3/c14-8-6-10(16)11(7-9(8)15)18-13(21)17-5-3-1-2-4-12(19)20/h6-7H,1-5H2,(H,19,20)(H2,17,18,21). The fourth-order valence-electron chi connectivity index (χ4n) is 1.56. The first-order chi connectivity index (χ1) is 9.90. The van der Waals surface area contributed by atoms with Crippen LogP contribution >= 0.6 is 15.9 Å². The van der Waals surface area contributed by atoms with Gasteiger partial charge < -0.3 is 15.7 Å². The van der Waals surface area contributed by atoms with Crippen LogP contribution in [0.1, 0.15) is 25.7 Å². The SMILES string of the molecule is O=C(O)CCCCCNC(=O)Nc1cc(F)c(Br)cc1F. The van der Waals surface area contributed by atoms with E-state index < -0.39 is 23.6 Å².